The smallest absolute Gasteiger partial charge is 0.464 e. The Morgan fingerprint density at radius 3 is 2.33 bits per heavy atom. The number of benzene rings is 2. The molecule has 2 aliphatic heterocycles. The van der Waals surface area contributed by atoms with Gasteiger partial charge in [-0.05, 0) is 74.6 Å². The molecule has 2 aromatic rings. The number of hydrogen-bond donors (Lipinski definition) is 3. The van der Waals surface area contributed by atoms with Crippen molar-refractivity contribution < 1.29 is 71.0 Å². The number of amides is 2. The second-order valence-electron chi connectivity index (χ2n) is 14.0. The van der Waals surface area contributed by atoms with Crippen molar-refractivity contribution in [1.82, 2.24) is 4.90 Å². The summed E-state index contributed by atoms with van der Waals surface area (Å²) in [4.78, 5) is 56.7. The van der Waals surface area contributed by atoms with Gasteiger partial charge in [-0.2, -0.15) is 0 Å². The third-order valence-electron chi connectivity index (χ3n) is 10.3. The fourth-order valence-electron chi connectivity index (χ4n) is 7.61. The summed E-state index contributed by atoms with van der Waals surface area (Å²) < 4.78 is 72.7. The lowest BCUT2D eigenvalue weighted by atomic mass is 9.81. The largest absolute Gasteiger partial charge is 0.573 e. The molecule has 6 rings (SSSR count). The summed E-state index contributed by atoms with van der Waals surface area (Å²) >= 11 is 0. The van der Waals surface area contributed by atoms with Gasteiger partial charge in [0, 0.05) is 41.2 Å². The van der Waals surface area contributed by atoms with Gasteiger partial charge in [0.1, 0.15) is 29.9 Å². The third-order valence-corrected chi connectivity index (χ3v) is 10.3. The first kappa shape index (κ1) is 39.4. The van der Waals surface area contributed by atoms with Crippen molar-refractivity contribution in [3.8, 4) is 5.75 Å². The summed E-state index contributed by atoms with van der Waals surface area (Å²) in [6.45, 7) is 1.89. The number of fused-ring (bicyclic) bond motifs is 2. The molecule has 2 saturated carbocycles. The molecule has 2 amide bonds. The molecular weight excluding hydrogens is 724 g/mol. The van der Waals surface area contributed by atoms with Crippen LogP contribution < -0.4 is 9.64 Å². The van der Waals surface area contributed by atoms with E-state index in [2.05, 4.69) is 4.74 Å². The van der Waals surface area contributed by atoms with E-state index in [9.17, 15) is 52.1 Å². The number of halogens is 4. The summed E-state index contributed by atoms with van der Waals surface area (Å²) in [6.07, 6.45) is -10.7. The van der Waals surface area contributed by atoms with Crippen molar-refractivity contribution in [1.29, 1.82) is 0 Å². The van der Waals surface area contributed by atoms with Crippen LogP contribution in [0.2, 0.25) is 0 Å². The molecule has 17 heteroatoms. The molecule has 13 nitrogen and oxygen atoms in total. The molecule has 1 saturated heterocycles. The first-order valence-corrected chi connectivity index (χ1v) is 18.0. The SMILES string of the molecule is CCCCOC(=O)C1OC(OC(=O)CCC(=O)N(C2CC2)[C@H]2c3cc(F)ccc3N(C(=O)c3ccc(OC(F)(F)F)cc3)[C@H]3CCC[C@H]32)C(O)C(O)C1O. The predicted octanol–water partition coefficient (Wildman–Crippen LogP) is 4.06. The van der Waals surface area contributed by atoms with Crippen LogP contribution >= 0.6 is 0 Å². The molecule has 294 valence electrons. The van der Waals surface area contributed by atoms with E-state index in [1.807, 2.05) is 6.92 Å². The lowest BCUT2D eigenvalue weighted by Gasteiger charge is -2.48. The monoisotopic (exact) mass is 766 g/mol. The minimum atomic E-state index is -4.91. The van der Waals surface area contributed by atoms with Crippen LogP contribution in [0.4, 0.5) is 23.2 Å². The molecule has 2 heterocycles. The van der Waals surface area contributed by atoms with E-state index in [1.165, 1.54) is 35.2 Å². The van der Waals surface area contributed by atoms with Gasteiger partial charge in [0.2, 0.25) is 12.2 Å². The van der Waals surface area contributed by atoms with Gasteiger partial charge in [0.15, 0.2) is 6.10 Å². The number of aliphatic hydroxyl groups excluding tert-OH is 3. The maximum atomic E-state index is 15.0. The van der Waals surface area contributed by atoms with Crippen molar-refractivity contribution >= 4 is 29.4 Å². The van der Waals surface area contributed by atoms with E-state index < -0.39 is 90.9 Å². The van der Waals surface area contributed by atoms with E-state index in [1.54, 1.807) is 4.90 Å². The molecule has 2 aliphatic carbocycles. The quantitative estimate of drug-likeness (QED) is 0.162. The number of hydrogen-bond acceptors (Lipinski definition) is 11. The summed E-state index contributed by atoms with van der Waals surface area (Å²) in [6, 6.07) is 7.13. The number of esters is 2. The Hall–Kier alpha value is -4.32. The number of carbonyl (C=O) groups excluding carboxylic acids is 4. The molecule has 3 N–H and O–H groups in total. The van der Waals surface area contributed by atoms with E-state index in [-0.39, 0.29) is 30.6 Å². The van der Waals surface area contributed by atoms with Gasteiger partial charge in [0.05, 0.1) is 19.1 Å². The highest BCUT2D eigenvalue weighted by Crippen LogP contribution is 2.53. The number of nitrogens with zero attached hydrogens (tertiary/aromatic N) is 2. The fourth-order valence-corrected chi connectivity index (χ4v) is 7.61. The number of rotatable bonds is 12. The lowest BCUT2D eigenvalue weighted by Crippen LogP contribution is -2.61. The fraction of sp³-hybridized carbons (Fsp3) is 0.568. The first-order valence-electron chi connectivity index (χ1n) is 18.0. The number of carbonyl (C=O) groups is 4. The van der Waals surface area contributed by atoms with Crippen LogP contribution in [0, 0.1) is 11.7 Å². The van der Waals surface area contributed by atoms with E-state index in [4.69, 9.17) is 14.2 Å². The van der Waals surface area contributed by atoms with Gasteiger partial charge in [-0.3, -0.25) is 14.4 Å². The highest BCUT2D eigenvalue weighted by Gasteiger charge is 2.52. The van der Waals surface area contributed by atoms with Gasteiger partial charge >= 0.3 is 18.3 Å². The molecule has 54 heavy (non-hydrogen) atoms. The van der Waals surface area contributed by atoms with E-state index >= 15 is 0 Å². The van der Waals surface area contributed by atoms with Gasteiger partial charge in [0.25, 0.3) is 5.91 Å². The molecule has 0 spiro atoms. The topological polar surface area (TPSA) is 172 Å². The Morgan fingerprint density at radius 1 is 0.944 bits per heavy atom. The van der Waals surface area contributed by atoms with Crippen LogP contribution in [0.3, 0.4) is 0 Å². The molecule has 8 atom stereocenters. The van der Waals surface area contributed by atoms with Crippen molar-refractivity contribution in [3.63, 3.8) is 0 Å². The zero-order chi connectivity index (χ0) is 38.9. The van der Waals surface area contributed by atoms with Crippen LogP contribution in [0.25, 0.3) is 0 Å². The number of anilines is 1. The highest BCUT2D eigenvalue weighted by molar-refractivity contribution is 6.07. The minimum absolute atomic E-state index is 0.0245. The second kappa shape index (κ2) is 16.2. The minimum Gasteiger partial charge on any atom is -0.464 e. The first-order chi connectivity index (χ1) is 25.7. The standard InChI is InChI=1S/C37H42F4N2O11/c1-2-3-17-51-35(50)33-31(47)30(46)32(48)36(53-33)52-28(45)16-15-27(44)42(21-10-11-21)29-23-5-4-6-25(23)43(26-14-9-20(38)18-24(26)29)34(49)19-7-12-22(13-8-19)54-37(39,40)41/h7-9,12-14,18,21,23,25,29-33,36,46-48H,2-6,10-11,15-17H2,1H3/t23-,25+,29-,30?,31?,32?,33?,36?/m1/s1. The van der Waals surface area contributed by atoms with Crippen molar-refractivity contribution in [3.05, 3.63) is 59.4 Å². The Bertz CT molecular complexity index is 1710. The normalized spacial score (nSPS) is 27.7. The van der Waals surface area contributed by atoms with Crippen LogP contribution in [0.15, 0.2) is 42.5 Å². The van der Waals surface area contributed by atoms with E-state index in [0.717, 1.165) is 12.1 Å². The summed E-state index contributed by atoms with van der Waals surface area (Å²) in [5, 5.41) is 31.1. The average molecular weight is 767 g/mol. The molecule has 5 unspecified atom stereocenters. The molecular formula is C37H42F4N2O11. The average Bonchev–Trinajstić information content (AvgIpc) is 3.85. The van der Waals surface area contributed by atoms with Crippen molar-refractivity contribution in [2.24, 2.45) is 5.92 Å². The van der Waals surface area contributed by atoms with Crippen LogP contribution in [-0.4, -0.2) is 99.7 Å². The van der Waals surface area contributed by atoms with Gasteiger partial charge in [-0.15, -0.1) is 13.2 Å². The van der Waals surface area contributed by atoms with Crippen LogP contribution in [0.5, 0.6) is 5.75 Å². The third kappa shape index (κ3) is 8.48. The van der Waals surface area contributed by atoms with Crippen molar-refractivity contribution in [2.45, 2.75) is 120 Å². The van der Waals surface area contributed by atoms with Crippen LogP contribution in [-0.2, 0) is 28.6 Å². The van der Waals surface area contributed by atoms with Gasteiger partial charge in [-0.25, -0.2) is 9.18 Å². The number of alkyl halides is 3. The second-order valence-corrected chi connectivity index (χ2v) is 14.0. The molecule has 4 aliphatic rings. The van der Waals surface area contributed by atoms with Crippen molar-refractivity contribution in [2.75, 3.05) is 11.5 Å². The molecule has 3 fully saturated rings. The number of aliphatic hydroxyl groups is 3. The summed E-state index contributed by atoms with van der Waals surface area (Å²) in [5.41, 5.74) is 0.829. The lowest BCUT2D eigenvalue weighted by molar-refractivity contribution is -0.287. The maximum absolute atomic E-state index is 15.0. The number of ether oxygens (including phenoxy) is 4. The van der Waals surface area contributed by atoms with E-state index in [0.29, 0.717) is 56.2 Å². The molecule has 2 aromatic carbocycles. The predicted molar refractivity (Wildman–Crippen MR) is 178 cm³/mol. The zero-order valence-corrected chi connectivity index (χ0v) is 29.3. The molecule has 0 aromatic heterocycles. The summed E-state index contributed by atoms with van der Waals surface area (Å²) in [5.74, 6) is -4.40. The van der Waals surface area contributed by atoms with Gasteiger partial charge in [-0.1, -0.05) is 19.8 Å². The Kier molecular flexibility index (Phi) is 11.8. The van der Waals surface area contributed by atoms with Crippen LogP contribution in [0.1, 0.15) is 86.7 Å². The molecule has 0 radical (unpaired) electrons. The number of unbranched alkanes of at least 4 members (excludes halogenated alkanes) is 1. The Labute approximate surface area is 307 Å². The zero-order valence-electron chi connectivity index (χ0n) is 29.3. The maximum Gasteiger partial charge on any atom is 0.573 e. The Balaban J connectivity index is 1.18. The molecule has 0 bridgehead atoms. The summed E-state index contributed by atoms with van der Waals surface area (Å²) in [7, 11) is 0. The van der Waals surface area contributed by atoms with Gasteiger partial charge < -0.3 is 44.1 Å². The highest BCUT2D eigenvalue weighted by atomic mass is 19.4. The Morgan fingerprint density at radius 2 is 1.67 bits per heavy atom.